The largest absolute Gasteiger partial charge is 0.455 e. The number of ketones is 2. The Balaban J connectivity index is 1.17. The van der Waals surface area contributed by atoms with Crippen LogP contribution in [0.5, 0.6) is 0 Å². The van der Waals surface area contributed by atoms with Crippen LogP contribution in [-0.4, -0.2) is 190 Å². The number of nitrogens with two attached hydrogens (primary N) is 1. The van der Waals surface area contributed by atoms with Gasteiger partial charge in [-0.05, 0) is 61.7 Å². The van der Waals surface area contributed by atoms with Gasteiger partial charge in [0.2, 0.25) is 23.6 Å². The van der Waals surface area contributed by atoms with Gasteiger partial charge in [0.25, 0.3) is 17.7 Å². The summed E-state index contributed by atoms with van der Waals surface area (Å²) in [5.41, 5.74) is 6.74. The van der Waals surface area contributed by atoms with Gasteiger partial charge in [-0.3, -0.25) is 57.7 Å². The number of unbranched alkanes of at least 4 members (excludes halogenated alkanes) is 1. The number of hydrogen-bond donors (Lipinski definition) is 2. The highest BCUT2D eigenvalue weighted by atomic mass is 32.2. The molecule has 7 amide bonds. The average molecular weight is 1200 g/mol. The molecule has 0 saturated carbocycles. The van der Waals surface area contributed by atoms with Crippen LogP contribution in [0.15, 0.2) is 69.6 Å². The van der Waals surface area contributed by atoms with E-state index in [1.54, 1.807) is 27.1 Å². The van der Waals surface area contributed by atoms with Crippen molar-refractivity contribution in [2.45, 2.75) is 133 Å². The number of ether oxygens (including phenoxy) is 1. The number of carbonyl (C=O) groups excluding carboxylic acids is 10. The van der Waals surface area contributed by atoms with Crippen molar-refractivity contribution >= 4 is 93.3 Å². The molecule has 0 aliphatic carbocycles. The van der Waals surface area contributed by atoms with E-state index in [1.165, 1.54) is 54.1 Å². The van der Waals surface area contributed by atoms with Crippen LogP contribution in [-0.2, 0) is 54.3 Å². The first-order valence-corrected chi connectivity index (χ1v) is 31.6. The summed E-state index contributed by atoms with van der Waals surface area (Å²) in [6.45, 7) is 11.3. The first kappa shape index (κ1) is 66.0. The van der Waals surface area contributed by atoms with Gasteiger partial charge < -0.3 is 35.4 Å². The lowest BCUT2D eigenvalue weighted by atomic mass is 9.84. The van der Waals surface area contributed by atoms with Gasteiger partial charge in [0.15, 0.2) is 17.7 Å². The maximum absolute atomic E-state index is 14.9. The zero-order chi connectivity index (χ0) is 60.5. The number of benzene rings is 1. The molecule has 6 rings (SSSR count). The zero-order valence-corrected chi connectivity index (χ0v) is 51.6. The molecule has 452 valence electrons. The number of thiazole rings is 1. The van der Waals surface area contributed by atoms with E-state index in [4.69, 9.17) is 15.5 Å². The molecule has 2 aromatic heterocycles. The van der Waals surface area contributed by atoms with Crippen LogP contribution < -0.4 is 11.1 Å². The van der Waals surface area contributed by atoms with Crippen molar-refractivity contribution in [3.63, 3.8) is 0 Å². The predicted molar refractivity (Wildman–Crippen MR) is 319 cm³/mol. The SMILES string of the molecule is CC[C@H](C)C(CC(=O)C1CN1C)C(=O)N(C)[C@H](C[C@@H](OC(C)=O)c1nc(C(=O)N(C)[C@@H](CSc2cccs2)C(=O)C[C@H](CCCCN)C(=O)N[C@@H](Cc2ccccc2)C(=O)N2CCN(C(=O)CCCN3C(=O)C=CC3=O)CC2)cs1)C(C)C. The van der Waals surface area contributed by atoms with E-state index < -0.39 is 65.7 Å². The van der Waals surface area contributed by atoms with Gasteiger partial charge in [-0.15, -0.1) is 34.4 Å². The monoisotopic (exact) mass is 1200 g/mol. The van der Waals surface area contributed by atoms with Gasteiger partial charge in [-0.1, -0.05) is 76.9 Å². The lowest BCUT2D eigenvalue weighted by Gasteiger charge is -2.37. The van der Waals surface area contributed by atoms with Crippen molar-refractivity contribution in [2.24, 2.45) is 29.4 Å². The quantitative estimate of drug-likeness (QED) is 0.0246. The summed E-state index contributed by atoms with van der Waals surface area (Å²) in [6, 6.07) is 10.4. The second-order valence-corrected chi connectivity index (χ2v) is 25.5. The first-order valence-electron chi connectivity index (χ1n) is 28.8. The third kappa shape index (κ3) is 18.7. The number of imide groups is 1. The van der Waals surface area contributed by atoms with Crippen LogP contribution >= 0.6 is 34.4 Å². The minimum absolute atomic E-state index is 0.0184. The summed E-state index contributed by atoms with van der Waals surface area (Å²) in [7, 11) is 5.13. The van der Waals surface area contributed by atoms with Gasteiger partial charge in [0.05, 0.1) is 16.3 Å². The summed E-state index contributed by atoms with van der Waals surface area (Å²) in [5, 5.41) is 6.83. The fourth-order valence-electron chi connectivity index (χ4n) is 10.6. The summed E-state index contributed by atoms with van der Waals surface area (Å²) in [5.74, 6) is -4.87. The van der Waals surface area contributed by atoms with E-state index >= 15 is 0 Å². The maximum Gasteiger partial charge on any atom is 0.303 e. The molecule has 23 heteroatoms. The molecule has 2 saturated heterocycles. The van der Waals surface area contributed by atoms with Crippen LogP contribution in [0.2, 0.25) is 0 Å². The van der Waals surface area contributed by atoms with Crippen molar-refractivity contribution in [1.82, 2.24) is 39.7 Å². The van der Waals surface area contributed by atoms with E-state index in [2.05, 4.69) is 5.32 Å². The number of thioether (sulfide) groups is 1. The van der Waals surface area contributed by atoms with E-state index in [0.29, 0.717) is 43.8 Å². The number of likely N-dealkylation sites (N-methyl/N-ethyl adjacent to an activating group) is 2. The molecule has 1 aromatic carbocycles. The van der Waals surface area contributed by atoms with Crippen molar-refractivity contribution < 1.29 is 52.7 Å². The van der Waals surface area contributed by atoms with E-state index in [0.717, 1.165) is 26.0 Å². The lowest BCUT2D eigenvalue weighted by Crippen LogP contribution is -2.57. The number of Topliss-reactive ketones (excluding diaryl/α,β-unsaturated/α-hetero) is 2. The number of esters is 1. The highest BCUT2D eigenvalue weighted by Gasteiger charge is 2.42. The third-order valence-electron chi connectivity index (χ3n) is 16.1. The number of hydrogen-bond acceptors (Lipinski definition) is 17. The molecule has 3 unspecified atom stereocenters. The predicted octanol–water partition coefficient (Wildman–Crippen LogP) is 5.66. The Hall–Kier alpha value is -6.14. The summed E-state index contributed by atoms with van der Waals surface area (Å²) in [6.07, 6.45) is 4.19. The molecule has 9 atom stereocenters. The van der Waals surface area contributed by atoms with E-state index in [9.17, 15) is 47.9 Å². The Morgan fingerprint density at radius 3 is 2.16 bits per heavy atom. The molecule has 0 spiro atoms. The molecular formula is C60H83N9O11S3. The summed E-state index contributed by atoms with van der Waals surface area (Å²) >= 11 is 4.02. The van der Waals surface area contributed by atoms with Gasteiger partial charge in [0, 0.05) is 134 Å². The number of carbonyl (C=O) groups is 10. The molecule has 83 heavy (non-hydrogen) atoms. The van der Waals surface area contributed by atoms with Crippen LogP contribution in [0.25, 0.3) is 0 Å². The Morgan fingerprint density at radius 1 is 0.880 bits per heavy atom. The summed E-state index contributed by atoms with van der Waals surface area (Å²) < 4.78 is 6.82. The van der Waals surface area contributed by atoms with Crippen LogP contribution in [0.3, 0.4) is 0 Å². The fourth-order valence-corrected chi connectivity index (χ4v) is 13.5. The molecule has 3 aliphatic heterocycles. The molecule has 5 heterocycles. The molecule has 20 nitrogen and oxygen atoms in total. The smallest absolute Gasteiger partial charge is 0.303 e. The summed E-state index contributed by atoms with van der Waals surface area (Å²) in [4.78, 5) is 150. The molecule has 3 N–H and O–H groups in total. The third-order valence-corrected chi connectivity index (χ3v) is 19.2. The minimum Gasteiger partial charge on any atom is -0.455 e. The average Bonchev–Trinajstić information content (AvgIpc) is 3.96. The van der Waals surface area contributed by atoms with Gasteiger partial charge >= 0.3 is 5.97 Å². The van der Waals surface area contributed by atoms with Crippen LogP contribution in [0, 0.1) is 23.7 Å². The number of piperazine rings is 1. The molecule has 3 aromatic rings. The number of aromatic nitrogens is 1. The zero-order valence-electron chi connectivity index (χ0n) is 49.2. The Bertz CT molecular complexity index is 2750. The van der Waals surface area contributed by atoms with E-state index in [-0.39, 0.29) is 130 Å². The number of thiophene rings is 1. The maximum atomic E-state index is 14.9. The second-order valence-electron chi connectivity index (χ2n) is 22.3. The Labute approximate surface area is 500 Å². The Kier molecular flexibility index (Phi) is 25.2. The van der Waals surface area contributed by atoms with Crippen molar-refractivity contribution in [2.75, 3.05) is 72.7 Å². The molecule has 3 aliphatic rings. The van der Waals surface area contributed by atoms with Crippen molar-refractivity contribution in [1.29, 1.82) is 0 Å². The molecule has 0 radical (unpaired) electrons. The van der Waals surface area contributed by atoms with Crippen molar-refractivity contribution in [3.8, 4) is 0 Å². The van der Waals surface area contributed by atoms with Gasteiger partial charge in [-0.2, -0.15) is 0 Å². The van der Waals surface area contributed by atoms with E-state index in [1.807, 2.05) is 87.5 Å². The second kappa shape index (κ2) is 31.7. The number of amides is 7. The fraction of sp³-hybridized carbons (Fsp3) is 0.583. The van der Waals surface area contributed by atoms with Crippen LogP contribution in [0.4, 0.5) is 0 Å². The molecular weight excluding hydrogens is 1120 g/mol. The molecule has 0 bridgehead atoms. The lowest BCUT2D eigenvalue weighted by molar-refractivity contribution is -0.149. The highest BCUT2D eigenvalue weighted by molar-refractivity contribution is 8.01. The minimum atomic E-state index is -1.03. The normalized spacial score (nSPS) is 18.5. The van der Waals surface area contributed by atoms with Crippen LogP contribution in [0.1, 0.15) is 120 Å². The first-order chi connectivity index (χ1) is 39.6. The standard InChI is InChI=1S/C60H83N9O11S3/c1-9-39(4)43(33-50(72)47-35-64(47)6)58(77)65(7)46(38(2)3)34-51(80-40(5)70)57-63-45(36-83-57)59(78)66(8)48(37-82-55-21-16-30-81-55)49(71)32-42(19-13-14-24-61)56(76)62-44(31-41-17-11-10-12-18-41)60(79)68-28-26-67(27-29-68)52(73)20-15-25-69-53(74)22-23-54(69)75/h10-12,16-18,21-23,30,36,38-39,42-44,46-48,51H,9,13-15,19-20,24-29,31-35,37,61H2,1-8H3,(H,62,76)/t39-,42-,43?,44-,46+,47?,48-,51+,64?/m0/s1. The number of nitrogens with zero attached hydrogens (tertiary/aromatic N) is 7. The van der Waals surface area contributed by atoms with Gasteiger partial charge in [-0.25, -0.2) is 4.98 Å². The number of nitrogens with one attached hydrogen (secondary N) is 1. The highest BCUT2D eigenvalue weighted by Crippen LogP contribution is 2.34. The Morgan fingerprint density at radius 2 is 1.55 bits per heavy atom. The van der Waals surface area contributed by atoms with Gasteiger partial charge in [0.1, 0.15) is 16.7 Å². The molecule has 2 fully saturated rings. The van der Waals surface area contributed by atoms with Crippen molar-refractivity contribution in [3.05, 3.63) is 81.6 Å². The number of rotatable bonds is 33. The topological polar surface area (TPSA) is 250 Å².